The minimum atomic E-state index is -0.624. The van der Waals surface area contributed by atoms with Crippen LogP contribution in [-0.4, -0.2) is 60.8 Å². The van der Waals surface area contributed by atoms with Crippen LogP contribution < -0.4 is 10.2 Å². The van der Waals surface area contributed by atoms with Crippen LogP contribution >= 0.6 is 0 Å². The van der Waals surface area contributed by atoms with Crippen molar-refractivity contribution in [3.63, 3.8) is 0 Å². The first kappa shape index (κ1) is 25.1. The summed E-state index contributed by atoms with van der Waals surface area (Å²) in [7, 11) is 1.70. The van der Waals surface area contributed by atoms with E-state index < -0.39 is 5.41 Å². The fourth-order valence-corrected chi connectivity index (χ4v) is 5.30. The van der Waals surface area contributed by atoms with Crippen molar-refractivity contribution in [1.82, 2.24) is 29.1 Å². The lowest BCUT2D eigenvalue weighted by Gasteiger charge is -2.24. The molecule has 0 aliphatic carbocycles. The molecule has 1 amide bonds. The summed E-state index contributed by atoms with van der Waals surface area (Å²) < 4.78 is 9.66. The lowest BCUT2D eigenvalue weighted by molar-refractivity contribution is -0.122. The zero-order valence-corrected chi connectivity index (χ0v) is 23.1. The third kappa shape index (κ3) is 3.85. The van der Waals surface area contributed by atoms with Crippen LogP contribution in [0, 0.1) is 6.92 Å². The van der Waals surface area contributed by atoms with Crippen molar-refractivity contribution < 1.29 is 9.53 Å². The third-order valence-corrected chi connectivity index (χ3v) is 7.07. The molecular weight excluding hydrogens is 468 g/mol. The predicted octanol–water partition coefficient (Wildman–Crippen LogP) is 4.51. The molecule has 0 saturated carbocycles. The van der Waals surface area contributed by atoms with Crippen LogP contribution in [0.1, 0.15) is 65.9 Å². The van der Waals surface area contributed by atoms with Crippen LogP contribution in [0.25, 0.3) is 28.2 Å². The molecule has 4 heterocycles. The highest BCUT2D eigenvalue weighted by Gasteiger charge is 2.45. The summed E-state index contributed by atoms with van der Waals surface area (Å²) in [6.07, 6.45) is 1.94. The largest absolute Gasteiger partial charge is 0.383 e. The first-order chi connectivity index (χ1) is 17.4. The Bertz CT molecular complexity index is 1510. The topological polar surface area (TPSA) is 102 Å². The number of anilines is 2. The summed E-state index contributed by atoms with van der Waals surface area (Å²) in [5.74, 6) is 2.27. The van der Waals surface area contributed by atoms with Gasteiger partial charge in [-0.1, -0.05) is 0 Å². The number of aromatic nitrogens is 6. The van der Waals surface area contributed by atoms with Gasteiger partial charge >= 0.3 is 0 Å². The molecule has 1 aliphatic rings. The van der Waals surface area contributed by atoms with Crippen molar-refractivity contribution >= 4 is 34.1 Å². The average Bonchev–Trinajstić information content (AvgIpc) is 3.43. The molecule has 0 bridgehead atoms. The van der Waals surface area contributed by atoms with E-state index in [1.165, 1.54) is 0 Å². The Hall–Kier alpha value is -3.53. The number of fused-ring (bicyclic) bond motifs is 3. The number of nitrogens with one attached hydrogen (secondary N) is 1. The van der Waals surface area contributed by atoms with Gasteiger partial charge in [0.2, 0.25) is 11.6 Å². The number of methoxy groups -OCH3 is 1. The van der Waals surface area contributed by atoms with E-state index in [0.29, 0.717) is 23.8 Å². The Morgan fingerprint density at radius 2 is 1.81 bits per heavy atom. The SMILES string of the molecule is COCC(C)n1c(-c2cn3c(C)nnc3c(NC(C)C)n2)nc2cc3c(cc21)N(C(C)C)C(=O)C3(C)C. The standard InChI is InChI=1S/C27H36N8O2/c1-14(2)28-23-25-32-31-17(6)33(25)12-20(29-23)24-30-19-10-18-21(11-22(19)35(24)16(5)13-37-9)34(15(3)4)26(36)27(18,7)8/h10-12,14-16H,13H2,1-9H3,(H,28,29). The maximum absolute atomic E-state index is 13.3. The minimum Gasteiger partial charge on any atom is -0.383 e. The lowest BCUT2D eigenvalue weighted by Crippen LogP contribution is -2.40. The number of benzene rings is 1. The van der Waals surface area contributed by atoms with Gasteiger partial charge in [-0.3, -0.25) is 9.20 Å². The lowest BCUT2D eigenvalue weighted by atomic mass is 9.86. The molecule has 5 rings (SSSR count). The quantitative estimate of drug-likeness (QED) is 0.395. The summed E-state index contributed by atoms with van der Waals surface area (Å²) in [5, 5.41) is 12.0. The smallest absolute Gasteiger partial charge is 0.237 e. The van der Waals surface area contributed by atoms with Gasteiger partial charge in [-0.25, -0.2) is 9.97 Å². The summed E-state index contributed by atoms with van der Waals surface area (Å²) in [6.45, 7) is 16.7. The second-order valence-corrected chi connectivity index (χ2v) is 11.1. The maximum atomic E-state index is 13.3. The number of hydrogen-bond donors (Lipinski definition) is 1. The number of nitrogens with zero attached hydrogens (tertiary/aromatic N) is 7. The number of rotatable bonds is 7. The van der Waals surface area contributed by atoms with E-state index in [2.05, 4.69) is 53.0 Å². The van der Waals surface area contributed by atoms with E-state index >= 15 is 0 Å². The molecule has 3 aromatic heterocycles. The highest BCUT2D eigenvalue weighted by Crippen LogP contribution is 2.45. The van der Waals surface area contributed by atoms with Crippen molar-refractivity contribution in [2.75, 3.05) is 23.9 Å². The molecule has 10 heteroatoms. The Labute approximate surface area is 217 Å². The van der Waals surface area contributed by atoms with Crippen LogP contribution in [0.2, 0.25) is 0 Å². The Balaban J connectivity index is 1.81. The zero-order valence-electron chi connectivity index (χ0n) is 23.1. The number of amides is 1. The van der Waals surface area contributed by atoms with Crippen molar-refractivity contribution in [1.29, 1.82) is 0 Å². The van der Waals surface area contributed by atoms with Crippen LogP contribution in [-0.2, 0) is 14.9 Å². The molecule has 196 valence electrons. The molecule has 0 saturated heterocycles. The van der Waals surface area contributed by atoms with Gasteiger partial charge in [-0.05, 0) is 73.1 Å². The van der Waals surface area contributed by atoms with E-state index in [9.17, 15) is 4.79 Å². The van der Waals surface area contributed by atoms with Crippen molar-refractivity contribution in [2.24, 2.45) is 0 Å². The number of ether oxygens (including phenoxy) is 1. The molecule has 0 spiro atoms. The van der Waals surface area contributed by atoms with E-state index in [1.807, 2.05) is 50.1 Å². The van der Waals surface area contributed by atoms with Gasteiger partial charge in [0.05, 0.1) is 34.8 Å². The molecule has 1 aromatic carbocycles. The number of aryl methyl sites for hydroxylation is 1. The van der Waals surface area contributed by atoms with Gasteiger partial charge in [-0.2, -0.15) is 0 Å². The molecule has 1 aliphatic heterocycles. The highest BCUT2D eigenvalue weighted by molar-refractivity contribution is 6.10. The number of hydrogen-bond acceptors (Lipinski definition) is 7. The molecule has 0 fully saturated rings. The third-order valence-electron chi connectivity index (χ3n) is 7.07. The van der Waals surface area contributed by atoms with Crippen LogP contribution in [0.15, 0.2) is 18.3 Å². The van der Waals surface area contributed by atoms with Crippen LogP contribution in [0.5, 0.6) is 0 Å². The van der Waals surface area contributed by atoms with E-state index in [1.54, 1.807) is 7.11 Å². The monoisotopic (exact) mass is 504 g/mol. The predicted molar refractivity (Wildman–Crippen MR) is 145 cm³/mol. The number of imidazole rings is 1. The van der Waals surface area contributed by atoms with E-state index in [0.717, 1.165) is 33.9 Å². The Kier molecular flexibility index (Phi) is 5.97. The van der Waals surface area contributed by atoms with Crippen molar-refractivity contribution in [3.8, 4) is 11.5 Å². The molecule has 37 heavy (non-hydrogen) atoms. The fraction of sp³-hybridized carbons (Fsp3) is 0.519. The molecule has 4 aromatic rings. The first-order valence-electron chi connectivity index (χ1n) is 12.8. The summed E-state index contributed by atoms with van der Waals surface area (Å²) in [6, 6.07) is 4.36. The minimum absolute atomic E-state index is 0.0262. The molecule has 1 atom stereocenters. The van der Waals surface area contributed by atoms with E-state index in [4.69, 9.17) is 14.7 Å². The Morgan fingerprint density at radius 1 is 1.08 bits per heavy atom. The Morgan fingerprint density at radius 3 is 2.46 bits per heavy atom. The number of carbonyl (C=O) groups is 1. The van der Waals surface area contributed by atoms with Crippen molar-refractivity contribution in [2.45, 2.75) is 78.9 Å². The summed E-state index contributed by atoms with van der Waals surface area (Å²) in [5.41, 5.74) is 4.45. The van der Waals surface area contributed by atoms with Gasteiger partial charge in [0.1, 0.15) is 11.5 Å². The molecule has 10 nitrogen and oxygen atoms in total. The molecule has 0 radical (unpaired) electrons. The van der Waals surface area contributed by atoms with Crippen molar-refractivity contribution in [3.05, 3.63) is 29.7 Å². The van der Waals surface area contributed by atoms with Gasteiger partial charge in [0.15, 0.2) is 11.6 Å². The van der Waals surface area contributed by atoms with Crippen LogP contribution in [0.4, 0.5) is 11.5 Å². The summed E-state index contributed by atoms with van der Waals surface area (Å²) >= 11 is 0. The number of carbonyl (C=O) groups excluding carboxylic acids is 1. The first-order valence-corrected chi connectivity index (χ1v) is 12.8. The second-order valence-electron chi connectivity index (χ2n) is 11.1. The molecular formula is C27H36N8O2. The van der Waals surface area contributed by atoms with E-state index in [-0.39, 0.29) is 24.0 Å². The van der Waals surface area contributed by atoms with Gasteiger partial charge < -0.3 is 19.5 Å². The van der Waals surface area contributed by atoms with Gasteiger partial charge in [0, 0.05) is 25.4 Å². The van der Waals surface area contributed by atoms with Gasteiger partial charge in [0.25, 0.3) is 0 Å². The second kappa shape index (κ2) is 8.79. The van der Waals surface area contributed by atoms with Gasteiger partial charge in [-0.15, -0.1) is 10.2 Å². The normalized spacial score (nSPS) is 16.0. The average molecular weight is 505 g/mol. The molecule has 1 unspecified atom stereocenters. The molecule has 1 N–H and O–H groups in total. The fourth-order valence-electron chi connectivity index (χ4n) is 5.30. The van der Waals surface area contributed by atoms with Crippen LogP contribution in [0.3, 0.4) is 0 Å². The highest BCUT2D eigenvalue weighted by atomic mass is 16.5. The zero-order chi connectivity index (χ0) is 26.8. The maximum Gasteiger partial charge on any atom is 0.237 e. The summed E-state index contributed by atoms with van der Waals surface area (Å²) in [4.78, 5) is 25.3.